The number of rotatable bonds is 1. The van der Waals surface area contributed by atoms with Crippen molar-refractivity contribution in [2.75, 3.05) is 6.61 Å². The van der Waals surface area contributed by atoms with E-state index < -0.39 is 16.4 Å². The minimum absolute atomic E-state index is 0.224. The molecule has 0 radical (unpaired) electrons. The van der Waals surface area contributed by atoms with Crippen molar-refractivity contribution in [3.05, 3.63) is 29.3 Å². The van der Waals surface area contributed by atoms with Crippen LogP contribution in [-0.4, -0.2) is 27.2 Å². The predicted octanol–water partition coefficient (Wildman–Crippen LogP) is 0.528. The van der Waals surface area contributed by atoms with Gasteiger partial charge in [-0.15, -0.1) is 0 Å². The normalized spacial score (nSPS) is 29.1. The predicted molar refractivity (Wildman–Crippen MR) is 63.6 cm³/mol. The zero-order chi connectivity index (χ0) is 12.9. The number of fused-ring (bicyclic) bond motifs is 1. The van der Waals surface area contributed by atoms with Crippen LogP contribution in [0, 0.1) is 0 Å². The van der Waals surface area contributed by atoms with Gasteiger partial charge in [-0.05, 0) is 18.6 Å². The lowest BCUT2D eigenvalue weighted by molar-refractivity contribution is -0.0521. The molecule has 2 heterocycles. The number of hydrogen-bond acceptors (Lipinski definition) is 5. The standard InChI is InChI=1S/C11H12N2O4S/c1-6-8-3-2-7(9-5-16-11(12)17-9)4-10(8)18(14,15)13-6/h2-4,9,11H,5,12H2,1H3. The Morgan fingerprint density at radius 1 is 1.44 bits per heavy atom. The zero-order valence-corrected chi connectivity index (χ0v) is 10.5. The van der Waals surface area contributed by atoms with Gasteiger partial charge < -0.3 is 9.47 Å². The molecular formula is C11H12N2O4S. The van der Waals surface area contributed by atoms with E-state index in [1.807, 2.05) is 6.07 Å². The first-order valence-corrected chi connectivity index (χ1v) is 6.90. The van der Waals surface area contributed by atoms with Crippen LogP contribution in [0.5, 0.6) is 0 Å². The van der Waals surface area contributed by atoms with E-state index in [-0.39, 0.29) is 11.0 Å². The second kappa shape index (κ2) is 3.86. The summed E-state index contributed by atoms with van der Waals surface area (Å²) in [6, 6.07) is 5.13. The molecule has 96 valence electrons. The molecule has 0 bridgehead atoms. The van der Waals surface area contributed by atoms with Crippen molar-refractivity contribution in [3.63, 3.8) is 0 Å². The number of benzene rings is 1. The summed E-state index contributed by atoms with van der Waals surface area (Å²) in [6.45, 7) is 1.99. The van der Waals surface area contributed by atoms with Crippen LogP contribution in [0.1, 0.15) is 24.2 Å². The lowest BCUT2D eigenvalue weighted by Gasteiger charge is -2.10. The molecule has 2 atom stereocenters. The Morgan fingerprint density at radius 3 is 2.89 bits per heavy atom. The van der Waals surface area contributed by atoms with E-state index in [4.69, 9.17) is 15.2 Å². The summed E-state index contributed by atoms with van der Waals surface area (Å²) in [4.78, 5) is 0.224. The van der Waals surface area contributed by atoms with Gasteiger partial charge in [0.25, 0.3) is 10.0 Å². The van der Waals surface area contributed by atoms with Crippen molar-refractivity contribution >= 4 is 15.7 Å². The molecule has 2 unspecified atom stereocenters. The summed E-state index contributed by atoms with van der Waals surface area (Å²) in [7, 11) is -3.56. The van der Waals surface area contributed by atoms with Gasteiger partial charge in [-0.2, -0.15) is 12.8 Å². The van der Waals surface area contributed by atoms with Crippen molar-refractivity contribution in [3.8, 4) is 0 Å². The van der Waals surface area contributed by atoms with Crippen LogP contribution in [0.3, 0.4) is 0 Å². The van der Waals surface area contributed by atoms with Crippen molar-refractivity contribution in [1.82, 2.24) is 0 Å². The average molecular weight is 268 g/mol. The fourth-order valence-corrected chi connectivity index (χ4v) is 3.46. The number of hydrogen-bond donors (Lipinski definition) is 1. The summed E-state index contributed by atoms with van der Waals surface area (Å²) in [6.07, 6.45) is -1.08. The number of nitrogens with two attached hydrogens (primary N) is 1. The van der Waals surface area contributed by atoms with Crippen LogP contribution in [0.2, 0.25) is 0 Å². The molecule has 1 aromatic carbocycles. The number of sulfonamides is 1. The van der Waals surface area contributed by atoms with E-state index in [9.17, 15) is 8.42 Å². The molecular weight excluding hydrogens is 256 g/mol. The summed E-state index contributed by atoms with van der Waals surface area (Å²) < 4.78 is 37.7. The highest BCUT2D eigenvalue weighted by atomic mass is 32.2. The quantitative estimate of drug-likeness (QED) is 0.802. The fraction of sp³-hybridized carbons (Fsp3) is 0.364. The molecule has 6 nitrogen and oxygen atoms in total. The van der Waals surface area contributed by atoms with Gasteiger partial charge in [0.05, 0.1) is 17.2 Å². The van der Waals surface area contributed by atoms with Gasteiger partial charge in [-0.1, -0.05) is 12.1 Å². The van der Waals surface area contributed by atoms with Gasteiger partial charge in [0.2, 0.25) is 6.41 Å². The second-order valence-electron chi connectivity index (χ2n) is 4.23. The fourth-order valence-electron chi connectivity index (χ4n) is 2.13. The van der Waals surface area contributed by atoms with Crippen LogP contribution < -0.4 is 5.73 Å². The summed E-state index contributed by atoms with van der Waals surface area (Å²) in [5.74, 6) is 0. The largest absolute Gasteiger partial charge is 0.337 e. The lowest BCUT2D eigenvalue weighted by atomic mass is 10.1. The van der Waals surface area contributed by atoms with E-state index in [1.54, 1.807) is 19.1 Å². The zero-order valence-electron chi connectivity index (χ0n) is 9.66. The maximum Gasteiger partial charge on any atom is 0.283 e. The molecule has 7 heteroatoms. The van der Waals surface area contributed by atoms with E-state index >= 15 is 0 Å². The molecule has 2 N–H and O–H groups in total. The molecule has 0 aromatic heterocycles. The number of ether oxygens (including phenoxy) is 2. The Kier molecular flexibility index (Phi) is 2.53. The van der Waals surface area contributed by atoms with Crippen LogP contribution >= 0.6 is 0 Å². The third kappa shape index (κ3) is 1.76. The van der Waals surface area contributed by atoms with Gasteiger partial charge in [0, 0.05) is 5.56 Å². The molecule has 3 rings (SSSR count). The highest BCUT2D eigenvalue weighted by Crippen LogP contribution is 2.32. The molecule has 2 aliphatic rings. The van der Waals surface area contributed by atoms with E-state index in [1.165, 1.54) is 0 Å². The van der Waals surface area contributed by atoms with Gasteiger partial charge in [-0.3, -0.25) is 5.73 Å². The van der Waals surface area contributed by atoms with Crippen molar-refractivity contribution < 1.29 is 17.9 Å². The van der Waals surface area contributed by atoms with Crippen LogP contribution in [0.25, 0.3) is 0 Å². The smallest absolute Gasteiger partial charge is 0.283 e. The van der Waals surface area contributed by atoms with Gasteiger partial charge >= 0.3 is 0 Å². The Labute approximate surface area is 104 Å². The van der Waals surface area contributed by atoms with Gasteiger partial charge in [0.1, 0.15) is 6.10 Å². The van der Waals surface area contributed by atoms with E-state index in [0.717, 1.165) is 5.56 Å². The Bertz CT molecular complexity index is 638. The molecule has 1 fully saturated rings. The van der Waals surface area contributed by atoms with E-state index in [2.05, 4.69) is 4.40 Å². The van der Waals surface area contributed by atoms with Gasteiger partial charge in [0.15, 0.2) is 0 Å². The minimum Gasteiger partial charge on any atom is -0.337 e. The summed E-state index contributed by atoms with van der Waals surface area (Å²) in [5.41, 5.74) is 7.35. The first-order valence-electron chi connectivity index (χ1n) is 5.46. The molecule has 1 saturated heterocycles. The molecule has 2 aliphatic heterocycles. The highest BCUT2D eigenvalue weighted by Gasteiger charge is 2.30. The first-order chi connectivity index (χ1) is 8.47. The highest BCUT2D eigenvalue weighted by molar-refractivity contribution is 7.90. The molecule has 0 amide bonds. The van der Waals surface area contributed by atoms with Crippen molar-refractivity contribution in [1.29, 1.82) is 0 Å². The lowest BCUT2D eigenvalue weighted by Crippen LogP contribution is -2.19. The van der Waals surface area contributed by atoms with Crippen LogP contribution in [-0.2, 0) is 19.5 Å². The Hall–Kier alpha value is -1.28. The second-order valence-corrected chi connectivity index (χ2v) is 5.81. The molecule has 1 aromatic rings. The minimum atomic E-state index is -3.56. The monoisotopic (exact) mass is 268 g/mol. The molecule has 0 spiro atoms. The molecule has 0 saturated carbocycles. The SMILES string of the molecule is CC1=NS(=O)(=O)c2cc(C3COC(N)O3)ccc21. The number of nitrogens with zero attached hydrogens (tertiary/aromatic N) is 1. The third-order valence-electron chi connectivity index (χ3n) is 3.01. The molecule has 0 aliphatic carbocycles. The third-order valence-corrected chi connectivity index (χ3v) is 4.42. The maximum atomic E-state index is 11.8. The van der Waals surface area contributed by atoms with Gasteiger partial charge in [-0.25, -0.2) is 0 Å². The Morgan fingerprint density at radius 2 is 2.22 bits per heavy atom. The Balaban J connectivity index is 2.04. The van der Waals surface area contributed by atoms with Crippen molar-refractivity contribution in [2.24, 2.45) is 10.1 Å². The molecule has 18 heavy (non-hydrogen) atoms. The van der Waals surface area contributed by atoms with E-state index in [0.29, 0.717) is 17.9 Å². The summed E-state index contributed by atoms with van der Waals surface area (Å²) >= 11 is 0. The summed E-state index contributed by atoms with van der Waals surface area (Å²) in [5, 5.41) is 0. The topological polar surface area (TPSA) is 91.0 Å². The maximum absolute atomic E-state index is 11.8. The first kappa shape index (κ1) is 11.8. The van der Waals surface area contributed by atoms with Crippen LogP contribution in [0.4, 0.5) is 0 Å². The average Bonchev–Trinajstić information content (AvgIpc) is 2.82. The van der Waals surface area contributed by atoms with Crippen LogP contribution in [0.15, 0.2) is 27.5 Å². The van der Waals surface area contributed by atoms with Crippen molar-refractivity contribution in [2.45, 2.75) is 24.3 Å².